The predicted molar refractivity (Wildman–Crippen MR) is 64.9 cm³/mol. The molecule has 5 heteroatoms. The summed E-state index contributed by atoms with van der Waals surface area (Å²) in [4.78, 5) is 26.9. The fraction of sp³-hybridized carbons (Fsp3) is 0.833. The number of carbonyl (C=O) groups excluding carboxylic acids is 2. The molecule has 0 aromatic heterocycles. The van der Waals surface area contributed by atoms with Crippen LogP contribution in [0.15, 0.2) is 0 Å². The van der Waals surface area contributed by atoms with Gasteiger partial charge < -0.3 is 9.64 Å². The third-order valence-electron chi connectivity index (χ3n) is 3.01. The first-order valence-electron chi connectivity index (χ1n) is 5.93. The number of piperazine rings is 1. The molecule has 1 aliphatic rings. The Morgan fingerprint density at radius 2 is 1.65 bits per heavy atom. The molecule has 0 atom stereocenters. The van der Waals surface area contributed by atoms with Gasteiger partial charge in [0.2, 0.25) is 0 Å². The smallest absolute Gasteiger partial charge is 0.409 e. The fourth-order valence-electron chi connectivity index (χ4n) is 1.66. The lowest BCUT2D eigenvalue weighted by molar-refractivity contribution is -0.127. The van der Waals surface area contributed by atoms with Gasteiger partial charge in [-0.2, -0.15) is 0 Å². The van der Waals surface area contributed by atoms with Crippen LogP contribution in [-0.4, -0.2) is 61.5 Å². The van der Waals surface area contributed by atoms with Gasteiger partial charge in [0.1, 0.15) is 0 Å². The molecular weight excluding hydrogens is 220 g/mol. The van der Waals surface area contributed by atoms with Crippen LogP contribution in [0.5, 0.6) is 0 Å². The maximum Gasteiger partial charge on any atom is 0.409 e. The molecule has 98 valence electrons. The highest BCUT2D eigenvalue weighted by molar-refractivity contribution is 5.85. The van der Waals surface area contributed by atoms with E-state index in [0.717, 1.165) is 13.1 Å². The summed E-state index contributed by atoms with van der Waals surface area (Å²) >= 11 is 0. The van der Waals surface area contributed by atoms with Crippen LogP contribution in [0, 0.1) is 5.41 Å². The van der Waals surface area contributed by atoms with Crippen molar-refractivity contribution in [2.24, 2.45) is 5.41 Å². The van der Waals surface area contributed by atoms with E-state index in [9.17, 15) is 9.59 Å². The molecular formula is C12H22N2O3. The standard InChI is InChI=1S/C12H22N2O3/c1-12(2,3)10(15)9-13-5-7-14(8-6-13)11(16)17-4/h5-9H2,1-4H3. The Morgan fingerprint density at radius 3 is 2.06 bits per heavy atom. The number of hydrogen-bond acceptors (Lipinski definition) is 4. The Labute approximate surface area is 103 Å². The third-order valence-corrected chi connectivity index (χ3v) is 3.01. The number of carbonyl (C=O) groups is 2. The molecule has 17 heavy (non-hydrogen) atoms. The van der Waals surface area contributed by atoms with Crippen LogP contribution in [0.2, 0.25) is 0 Å². The third kappa shape index (κ3) is 4.00. The topological polar surface area (TPSA) is 49.9 Å². The second-order valence-corrected chi connectivity index (χ2v) is 5.41. The van der Waals surface area contributed by atoms with E-state index in [0.29, 0.717) is 19.6 Å². The minimum atomic E-state index is -0.292. The van der Waals surface area contributed by atoms with E-state index in [2.05, 4.69) is 9.64 Å². The Hall–Kier alpha value is -1.10. The molecule has 5 nitrogen and oxygen atoms in total. The molecule has 0 N–H and O–H groups in total. The molecule has 0 radical (unpaired) electrons. The van der Waals surface area contributed by atoms with E-state index in [4.69, 9.17) is 0 Å². The summed E-state index contributed by atoms with van der Waals surface area (Å²) in [5, 5.41) is 0. The van der Waals surface area contributed by atoms with Crippen LogP contribution in [-0.2, 0) is 9.53 Å². The van der Waals surface area contributed by atoms with Crippen LogP contribution in [0.3, 0.4) is 0 Å². The number of methoxy groups -OCH3 is 1. The van der Waals surface area contributed by atoms with Crippen molar-refractivity contribution in [3.05, 3.63) is 0 Å². The average Bonchev–Trinajstić information content (AvgIpc) is 2.27. The van der Waals surface area contributed by atoms with E-state index in [1.807, 2.05) is 20.8 Å². The van der Waals surface area contributed by atoms with Gasteiger partial charge in [-0.15, -0.1) is 0 Å². The lowest BCUT2D eigenvalue weighted by atomic mass is 9.90. The molecule has 0 unspecified atom stereocenters. The number of nitrogens with zero attached hydrogens (tertiary/aromatic N) is 2. The Morgan fingerprint density at radius 1 is 1.12 bits per heavy atom. The van der Waals surface area contributed by atoms with Crippen LogP contribution in [0.4, 0.5) is 4.79 Å². The van der Waals surface area contributed by atoms with Crippen molar-refractivity contribution in [2.75, 3.05) is 39.8 Å². The summed E-state index contributed by atoms with van der Waals surface area (Å²) in [6.07, 6.45) is -0.285. The van der Waals surface area contributed by atoms with E-state index < -0.39 is 0 Å². The van der Waals surface area contributed by atoms with Crippen LogP contribution in [0.1, 0.15) is 20.8 Å². The summed E-state index contributed by atoms with van der Waals surface area (Å²) in [5.41, 5.74) is -0.292. The fourth-order valence-corrected chi connectivity index (χ4v) is 1.66. The molecule has 1 rings (SSSR count). The van der Waals surface area contributed by atoms with E-state index in [-0.39, 0.29) is 17.3 Å². The zero-order valence-electron chi connectivity index (χ0n) is 11.2. The highest BCUT2D eigenvalue weighted by Gasteiger charge is 2.27. The molecule has 1 amide bonds. The molecule has 0 spiro atoms. The first-order chi connectivity index (χ1) is 7.84. The second-order valence-electron chi connectivity index (χ2n) is 5.41. The number of ether oxygens (including phenoxy) is 1. The van der Waals surface area contributed by atoms with Crippen molar-refractivity contribution in [1.82, 2.24) is 9.80 Å². The lowest BCUT2D eigenvalue weighted by Crippen LogP contribution is -2.50. The average molecular weight is 242 g/mol. The number of hydrogen-bond donors (Lipinski definition) is 0. The molecule has 0 aromatic carbocycles. The molecule has 0 saturated carbocycles. The van der Waals surface area contributed by atoms with E-state index in [1.165, 1.54) is 7.11 Å². The molecule has 0 aromatic rings. The van der Waals surface area contributed by atoms with Crippen molar-refractivity contribution in [1.29, 1.82) is 0 Å². The minimum absolute atomic E-state index is 0.240. The van der Waals surface area contributed by atoms with Crippen molar-refractivity contribution < 1.29 is 14.3 Å². The predicted octanol–water partition coefficient (Wildman–Crippen LogP) is 0.986. The van der Waals surface area contributed by atoms with Crippen LogP contribution < -0.4 is 0 Å². The zero-order valence-corrected chi connectivity index (χ0v) is 11.2. The van der Waals surface area contributed by atoms with Gasteiger partial charge >= 0.3 is 6.09 Å². The molecule has 0 bridgehead atoms. The zero-order chi connectivity index (χ0) is 13.1. The van der Waals surface area contributed by atoms with Gasteiger partial charge in [-0.05, 0) is 0 Å². The van der Waals surface area contributed by atoms with Gasteiger partial charge in [0, 0.05) is 31.6 Å². The number of ketones is 1. The Bertz CT molecular complexity index is 289. The largest absolute Gasteiger partial charge is 0.453 e. The van der Waals surface area contributed by atoms with Gasteiger partial charge in [-0.25, -0.2) is 4.79 Å². The summed E-state index contributed by atoms with van der Waals surface area (Å²) in [6, 6.07) is 0. The lowest BCUT2D eigenvalue weighted by Gasteiger charge is -2.34. The molecule has 1 heterocycles. The van der Waals surface area contributed by atoms with Crippen LogP contribution in [0.25, 0.3) is 0 Å². The highest BCUT2D eigenvalue weighted by atomic mass is 16.5. The minimum Gasteiger partial charge on any atom is -0.453 e. The molecule has 1 fully saturated rings. The first kappa shape index (κ1) is 14.0. The second kappa shape index (κ2) is 5.49. The van der Waals surface area contributed by atoms with Crippen molar-refractivity contribution >= 4 is 11.9 Å². The van der Waals surface area contributed by atoms with Gasteiger partial charge in [-0.3, -0.25) is 9.69 Å². The Kier molecular flexibility index (Phi) is 4.51. The van der Waals surface area contributed by atoms with Crippen molar-refractivity contribution in [3.63, 3.8) is 0 Å². The van der Waals surface area contributed by atoms with Crippen molar-refractivity contribution in [2.45, 2.75) is 20.8 Å². The number of rotatable bonds is 2. The maximum absolute atomic E-state index is 11.9. The first-order valence-corrected chi connectivity index (χ1v) is 5.93. The SMILES string of the molecule is COC(=O)N1CCN(CC(=O)C(C)(C)C)CC1. The van der Waals surface area contributed by atoms with E-state index >= 15 is 0 Å². The van der Waals surface area contributed by atoms with Gasteiger partial charge in [0.25, 0.3) is 0 Å². The number of amides is 1. The molecule has 1 aliphatic heterocycles. The van der Waals surface area contributed by atoms with Gasteiger partial charge in [0.05, 0.1) is 13.7 Å². The summed E-state index contributed by atoms with van der Waals surface area (Å²) < 4.78 is 4.66. The van der Waals surface area contributed by atoms with Crippen molar-refractivity contribution in [3.8, 4) is 0 Å². The summed E-state index contributed by atoms with van der Waals surface area (Å²) in [6.45, 7) is 8.99. The molecule has 1 saturated heterocycles. The van der Waals surface area contributed by atoms with E-state index in [1.54, 1.807) is 4.90 Å². The maximum atomic E-state index is 11.9. The quantitative estimate of drug-likeness (QED) is 0.724. The van der Waals surface area contributed by atoms with Gasteiger partial charge in [-0.1, -0.05) is 20.8 Å². The normalized spacial score (nSPS) is 18.0. The van der Waals surface area contributed by atoms with Gasteiger partial charge in [0.15, 0.2) is 5.78 Å². The molecule has 0 aliphatic carbocycles. The summed E-state index contributed by atoms with van der Waals surface area (Å²) in [5.74, 6) is 0.240. The number of Topliss-reactive ketones (excluding diaryl/α,β-unsaturated/α-hetero) is 1. The summed E-state index contributed by atoms with van der Waals surface area (Å²) in [7, 11) is 1.39. The Balaban J connectivity index is 2.38. The van der Waals surface area contributed by atoms with Crippen LogP contribution >= 0.6 is 0 Å². The highest BCUT2D eigenvalue weighted by Crippen LogP contribution is 2.15. The monoisotopic (exact) mass is 242 g/mol.